The van der Waals surface area contributed by atoms with Gasteiger partial charge in [0, 0.05) is 8.95 Å². The lowest BCUT2D eigenvalue weighted by atomic mass is 9.89. The lowest BCUT2D eigenvalue weighted by Crippen LogP contribution is -1.90. The molecule has 0 nitrogen and oxygen atoms in total. The molecule has 142 valence electrons. The predicted octanol–water partition coefficient (Wildman–Crippen LogP) is 9.44. The van der Waals surface area contributed by atoms with Gasteiger partial charge in [-0.1, -0.05) is 92.5 Å². The number of benzene rings is 6. The van der Waals surface area contributed by atoms with Gasteiger partial charge in [-0.25, -0.2) is 0 Å². The molecule has 0 heterocycles. The molecule has 0 atom stereocenters. The first-order valence-electron chi connectivity index (χ1n) is 9.91. The number of hydrogen-bond donors (Lipinski definition) is 0. The van der Waals surface area contributed by atoms with Crippen LogP contribution in [0.2, 0.25) is 0 Å². The second-order valence-corrected chi connectivity index (χ2v) is 9.40. The summed E-state index contributed by atoms with van der Waals surface area (Å²) in [5.41, 5.74) is 4.94. The Morgan fingerprint density at radius 3 is 1.20 bits per heavy atom. The minimum Gasteiger partial charge on any atom is -0.0622 e. The van der Waals surface area contributed by atoms with Crippen LogP contribution in [0, 0.1) is 0 Å². The standard InChI is InChI=1S/C28H16Br2/c29-25-16-22-12-20(18-9-5-2-6-10-18)14-24-26(30)15-21-11-19(17-7-3-1-4-8-17)13-23(25)27(21)28(22)24/h1-16H. The Bertz CT molecular complexity index is 1410. The molecule has 0 radical (unpaired) electrons. The van der Waals surface area contributed by atoms with Crippen molar-refractivity contribution in [1.82, 2.24) is 0 Å². The van der Waals surface area contributed by atoms with Crippen molar-refractivity contribution in [2.45, 2.75) is 0 Å². The molecular weight excluding hydrogens is 496 g/mol. The fraction of sp³-hybridized carbons (Fsp3) is 0. The molecule has 2 heteroatoms. The van der Waals surface area contributed by atoms with E-state index in [0.29, 0.717) is 0 Å². The molecule has 0 fully saturated rings. The monoisotopic (exact) mass is 510 g/mol. The maximum Gasteiger partial charge on any atom is 0.0260 e. The third kappa shape index (κ3) is 2.79. The van der Waals surface area contributed by atoms with E-state index >= 15 is 0 Å². The molecule has 6 aromatic rings. The van der Waals surface area contributed by atoms with Gasteiger partial charge in [0.25, 0.3) is 0 Å². The van der Waals surface area contributed by atoms with E-state index in [1.165, 1.54) is 54.6 Å². The second-order valence-electron chi connectivity index (χ2n) is 7.69. The first kappa shape index (κ1) is 18.1. The fourth-order valence-electron chi connectivity index (χ4n) is 4.51. The summed E-state index contributed by atoms with van der Waals surface area (Å²) in [6.07, 6.45) is 0. The van der Waals surface area contributed by atoms with E-state index in [-0.39, 0.29) is 0 Å². The molecule has 0 aromatic heterocycles. The fourth-order valence-corrected chi connectivity index (χ4v) is 5.63. The Balaban J connectivity index is 1.73. The number of rotatable bonds is 2. The summed E-state index contributed by atoms with van der Waals surface area (Å²) in [5.74, 6) is 0. The molecule has 0 amide bonds. The number of halogens is 2. The summed E-state index contributed by atoms with van der Waals surface area (Å²) < 4.78 is 2.26. The second kappa shape index (κ2) is 6.94. The zero-order chi connectivity index (χ0) is 20.2. The third-order valence-corrected chi connectivity index (χ3v) is 7.19. The largest absolute Gasteiger partial charge is 0.0622 e. The lowest BCUT2D eigenvalue weighted by molar-refractivity contribution is 1.64. The van der Waals surface area contributed by atoms with Crippen molar-refractivity contribution in [2.24, 2.45) is 0 Å². The Morgan fingerprint density at radius 2 is 0.800 bits per heavy atom. The zero-order valence-corrected chi connectivity index (χ0v) is 19.2. The highest BCUT2D eigenvalue weighted by Gasteiger charge is 2.16. The molecular formula is C28H16Br2. The normalized spacial score (nSPS) is 11.7. The van der Waals surface area contributed by atoms with Crippen LogP contribution in [0.3, 0.4) is 0 Å². The Morgan fingerprint density at radius 1 is 0.400 bits per heavy atom. The summed E-state index contributed by atoms with van der Waals surface area (Å²) in [6.45, 7) is 0. The summed E-state index contributed by atoms with van der Waals surface area (Å²) in [5, 5.41) is 7.65. The topological polar surface area (TPSA) is 0 Å². The maximum atomic E-state index is 3.87. The van der Waals surface area contributed by atoms with Crippen LogP contribution in [-0.2, 0) is 0 Å². The van der Waals surface area contributed by atoms with Crippen LogP contribution < -0.4 is 0 Å². The van der Waals surface area contributed by atoms with Crippen LogP contribution in [0.4, 0.5) is 0 Å². The van der Waals surface area contributed by atoms with Crippen molar-refractivity contribution < 1.29 is 0 Å². The highest BCUT2D eigenvalue weighted by molar-refractivity contribution is 9.11. The van der Waals surface area contributed by atoms with Crippen LogP contribution in [0.15, 0.2) is 106 Å². The van der Waals surface area contributed by atoms with Crippen LogP contribution >= 0.6 is 31.9 Å². The van der Waals surface area contributed by atoms with Crippen LogP contribution in [0.25, 0.3) is 54.6 Å². The van der Waals surface area contributed by atoms with Crippen LogP contribution in [0.5, 0.6) is 0 Å². The van der Waals surface area contributed by atoms with Crippen LogP contribution in [0.1, 0.15) is 0 Å². The summed E-state index contributed by atoms with van der Waals surface area (Å²) >= 11 is 7.74. The minimum atomic E-state index is 1.13. The molecule has 0 saturated carbocycles. The smallest absolute Gasteiger partial charge is 0.0260 e. The molecule has 0 saturated heterocycles. The Kier molecular flexibility index (Phi) is 4.19. The van der Waals surface area contributed by atoms with Gasteiger partial charge in [0.1, 0.15) is 0 Å². The molecule has 30 heavy (non-hydrogen) atoms. The first-order chi connectivity index (χ1) is 14.7. The van der Waals surface area contributed by atoms with E-state index < -0.39 is 0 Å². The highest BCUT2D eigenvalue weighted by atomic mass is 79.9. The molecule has 6 rings (SSSR count). The zero-order valence-electron chi connectivity index (χ0n) is 16.0. The van der Waals surface area contributed by atoms with Gasteiger partial charge >= 0.3 is 0 Å². The van der Waals surface area contributed by atoms with Gasteiger partial charge in [0.2, 0.25) is 0 Å². The van der Waals surface area contributed by atoms with Crippen molar-refractivity contribution in [2.75, 3.05) is 0 Å². The van der Waals surface area contributed by atoms with Gasteiger partial charge in [-0.3, -0.25) is 0 Å². The van der Waals surface area contributed by atoms with Crippen molar-refractivity contribution in [3.63, 3.8) is 0 Å². The summed E-state index contributed by atoms with van der Waals surface area (Å²) in [6, 6.07) is 34.9. The van der Waals surface area contributed by atoms with Gasteiger partial charge in [-0.2, -0.15) is 0 Å². The third-order valence-electron chi connectivity index (χ3n) is 5.88. The summed E-state index contributed by atoms with van der Waals surface area (Å²) in [4.78, 5) is 0. The van der Waals surface area contributed by atoms with Gasteiger partial charge in [-0.15, -0.1) is 0 Å². The van der Waals surface area contributed by atoms with E-state index in [4.69, 9.17) is 0 Å². The molecule has 0 N–H and O–H groups in total. The molecule has 0 aliphatic carbocycles. The predicted molar refractivity (Wildman–Crippen MR) is 136 cm³/mol. The average molecular weight is 512 g/mol. The first-order valence-corrected chi connectivity index (χ1v) is 11.5. The maximum absolute atomic E-state index is 3.87. The molecule has 0 bridgehead atoms. The van der Waals surface area contributed by atoms with Gasteiger partial charge in [-0.05, 0) is 91.0 Å². The van der Waals surface area contributed by atoms with E-state index in [0.717, 1.165) is 8.95 Å². The lowest BCUT2D eigenvalue weighted by Gasteiger charge is -2.17. The Hall–Kier alpha value is -2.68. The van der Waals surface area contributed by atoms with E-state index in [2.05, 4.69) is 129 Å². The summed E-state index contributed by atoms with van der Waals surface area (Å²) in [7, 11) is 0. The highest BCUT2D eigenvalue weighted by Crippen LogP contribution is 2.44. The van der Waals surface area contributed by atoms with Crippen LogP contribution in [-0.4, -0.2) is 0 Å². The van der Waals surface area contributed by atoms with E-state index in [1.807, 2.05) is 0 Å². The molecule has 0 spiro atoms. The van der Waals surface area contributed by atoms with Crippen molar-refractivity contribution in [3.8, 4) is 22.3 Å². The Labute approximate surface area is 191 Å². The van der Waals surface area contributed by atoms with Crippen molar-refractivity contribution >= 4 is 64.2 Å². The quantitative estimate of drug-likeness (QED) is 0.203. The molecule has 0 unspecified atom stereocenters. The average Bonchev–Trinajstić information content (AvgIpc) is 2.79. The van der Waals surface area contributed by atoms with E-state index in [9.17, 15) is 0 Å². The van der Waals surface area contributed by atoms with Crippen molar-refractivity contribution in [3.05, 3.63) is 106 Å². The van der Waals surface area contributed by atoms with E-state index in [1.54, 1.807) is 0 Å². The SMILES string of the molecule is Brc1cc2cc(-c3ccccc3)cc3c(Br)cc4cc(-c5ccccc5)cc1c4c23. The van der Waals surface area contributed by atoms with Gasteiger partial charge in [0.05, 0.1) is 0 Å². The number of hydrogen-bond acceptors (Lipinski definition) is 0. The van der Waals surface area contributed by atoms with Gasteiger partial charge < -0.3 is 0 Å². The molecule has 0 aliphatic heterocycles. The van der Waals surface area contributed by atoms with Gasteiger partial charge in [0.15, 0.2) is 0 Å². The molecule has 6 aromatic carbocycles. The van der Waals surface area contributed by atoms with Crippen molar-refractivity contribution in [1.29, 1.82) is 0 Å². The molecule has 0 aliphatic rings. The minimum absolute atomic E-state index is 1.13.